The molecule has 0 aliphatic carbocycles. The van der Waals surface area contributed by atoms with Crippen LogP contribution in [0.1, 0.15) is 20.8 Å². The number of aromatic nitrogens is 2. The van der Waals surface area contributed by atoms with Gasteiger partial charge < -0.3 is 10.6 Å². The summed E-state index contributed by atoms with van der Waals surface area (Å²) in [5, 5.41) is 14.8. The van der Waals surface area contributed by atoms with E-state index < -0.39 is 0 Å². The van der Waals surface area contributed by atoms with Crippen molar-refractivity contribution in [3.05, 3.63) is 30.6 Å². The molecule has 1 aromatic heterocycles. The van der Waals surface area contributed by atoms with Gasteiger partial charge in [0.05, 0.1) is 32.2 Å². The number of nitrogens with one attached hydrogen (secondary N) is 2. The first-order chi connectivity index (χ1) is 10.9. The van der Waals surface area contributed by atoms with Crippen LogP contribution in [0.25, 0.3) is 0 Å². The van der Waals surface area contributed by atoms with Crippen LogP contribution in [0.5, 0.6) is 0 Å². The Balaban J connectivity index is 2.38. The minimum Gasteiger partial charge on any atom is -0.381 e. The summed E-state index contributed by atoms with van der Waals surface area (Å²) in [6.45, 7) is 5.59. The number of aryl methyl sites for hydroxylation is 2. The van der Waals surface area contributed by atoms with E-state index in [4.69, 9.17) is 0 Å². The third kappa shape index (κ3) is 4.38. The fraction of sp³-hybridized carbons (Fsp3) is 0.375. The maximum absolute atomic E-state index is 11.2. The second-order valence-corrected chi connectivity index (χ2v) is 5.73. The van der Waals surface area contributed by atoms with Gasteiger partial charge in [-0.2, -0.15) is 0 Å². The lowest BCUT2D eigenvalue weighted by atomic mass is 10.2. The molecule has 0 bridgehead atoms. The largest absolute Gasteiger partial charge is 0.421 e. The number of nitrogens with zero attached hydrogens (tertiary/aromatic N) is 4. The molecule has 7 nitrogen and oxygen atoms in total. The summed E-state index contributed by atoms with van der Waals surface area (Å²) in [6.07, 6.45) is 3.82. The Labute approximate surface area is 136 Å². The van der Waals surface area contributed by atoms with E-state index in [2.05, 4.69) is 34.7 Å². The molecule has 2 N–H and O–H groups in total. The lowest BCUT2D eigenvalue weighted by molar-refractivity contribution is -0.657. The summed E-state index contributed by atoms with van der Waals surface area (Å²) < 4.78 is 3.77. The van der Waals surface area contributed by atoms with Gasteiger partial charge in [-0.25, -0.2) is 9.13 Å². The number of benzene rings is 1. The minimum absolute atomic E-state index is 0.119. The van der Waals surface area contributed by atoms with Gasteiger partial charge in [0.25, 0.3) is 0 Å². The highest BCUT2D eigenvalue weighted by Gasteiger charge is 2.12. The monoisotopic (exact) mass is 315 g/mol. The van der Waals surface area contributed by atoms with E-state index in [-0.39, 0.29) is 11.9 Å². The van der Waals surface area contributed by atoms with Gasteiger partial charge in [0.1, 0.15) is 5.69 Å². The van der Waals surface area contributed by atoms with E-state index in [9.17, 15) is 4.79 Å². The quantitative estimate of drug-likeness (QED) is 0.657. The number of hydrogen-bond donors (Lipinski definition) is 2. The standard InChI is InChI=1S/C16H22N6O/c1-11(2)17-14-7-6-13(18-12(3)23)10-15(14)19-20-16-21(4)8-9-22(16)5/h6-11H,1-5H3,(H,18,19,23)/p+1. The molecule has 122 valence electrons. The molecule has 2 rings (SSSR count). The lowest BCUT2D eigenvalue weighted by Crippen LogP contribution is -2.25. The second-order valence-electron chi connectivity index (χ2n) is 5.73. The second kappa shape index (κ2) is 7.04. The predicted octanol–water partition coefficient (Wildman–Crippen LogP) is 3.04. The molecule has 2 aromatic rings. The average molecular weight is 315 g/mol. The maximum Gasteiger partial charge on any atom is 0.421 e. The van der Waals surface area contributed by atoms with Crippen molar-refractivity contribution in [3.63, 3.8) is 0 Å². The highest BCUT2D eigenvalue weighted by molar-refractivity contribution is 5.90. The molecule has 0 saturated carbocycles. The van der Waals surface area contributed by atoms with Gasteiger partial charge in [-0.1, -0.05) is 5.11 Å². The fourth-order valence-corrected chi connectivity index (χ4v) is 2.15. The zero-order valence-corrected chi connectivity index (χ0v) is 14.2. The summed E-state index contributed by atoms with van der Waals surface area (Å²) in [7, 11) is 3.82. The number of anilines is 2. The van der Waals surface area contributed by atoms with Crippen molar-refractivity contribution in [2.45, 2.75) is 26.8 Å². The van der Waals surface area contributed by atoms with Gasteiger partial charge in [0, 0.05) is 23.8 Å². The summed E-state index contributed by atoms with van der Waals surface area (Å²) in [6, 6.07) is 5.80. The van der Waals surface area contributed by atoms with E-state index in [1.165, 1.54) is 6.92 Å². The predicted molar refractivity (Wildman–Crippen MR) is 90.3 cm³/mol. The summed E-state index contributed by atoms with van der Waals surface area (Å²) in [5.74, 6) is 0.608. The molecule has 0 aliphatic heterocycles. The average Bonchev–Trinajstić information content (AvgIpc) is 2.77. The third-order valence-corrected chi connectivity index (χ3v) is 3.15. The molecule has 7 heteroatoms. The third-order valence-electron chi connectivity index (χ3n) is 3.15. The maximum atomic E-state index is 11.2. The van der Waals surface area contributed by atoms with E-state index in [0.29, 0.717) is 11.4 Å². The number of amides is 1. The van der Waals surface area contributed by atoms with Crippen LogP contribution in [0, 0.1) is 0 Å². The summed E-state index contributed by atoms with van der Waals surface area (Å²) >= 11 is 0. The summed E-state index contributed by atoms with van der Waals surface area (Å²) in [4.78, 5) is 11.2. The van der Waals surface area contributed by atoms with E-state index in [0.717, 1.165) is 11.6 Å². The van der Waals surface area contributed by atoms with Gasteiger partial charge in [-0.05, 0) is 32.0 Å². The number of imidazole rings is 1. The molecule has 23 heavy (non-hydrogen) atoms. The molecule has 1 heterocycles. The van der Waals surface area contributed by atoms with Crippen molar-refractivity contribution in [3.8, 4) is 0 Å². The Morgan fingerprint density at radius 3 is 2.61 bits per heavy atom. The Kier molecular flexibility index (Phi) is 5.10. The SMILES string of the molecule is CC(=O)Nc1ccc(NC(C)C)c(N=Nc2n(C)cc[n+]2C)c1. The van der Waals surface area contributed by atoms with Gasteiger partial charge >= 0.3 is 5.95 Å². The van der Waals surface area contributed by atoms with Gasteiger partial charge in [0.15, 0.2) is 0 Å². The molecule has 0 spiro atoms. The smallest absolute Gasteiger partial charge is 0.381 e. The lowest BCUT2D eigenvalue weighted by Gasteiger charge is -2.12. The highest BCUT2D eigenvalue weighted by Crippen LogP contribution is 2.30. The molecule has 0 radical (unpaired) electrons. The number of azo groups is 1. The first-order valence-corrected chi connectivity index (χ1v) is 7.47. The number of carbonyl (C=O) groups is 1. The van der Waals surface area contributed by atoms with Crippen LogP contribution in [0.2, 0.25) is 0 Å². The number of carbonyl (C=O) groups excluding carboxylic acids is 1. The molecular weight excluding hydrogens is 292 g/mol. The van der Waals surface area contributed by atoms with Gasteiger partial charge in [-0.15, -0.1) is 0 Å². The molecule has 0 unspecified atom stereocenters. The first-order valence-electron chi connectivity index (χ1n) is 7.47. The van der Waals surface area contributed by atoms with E-state index in [1.807, 2.05) is 47.8 Å². The van der Waals surface area contributed by atoms with E-state index >= 15 is 0 Å². The van der Waals surface area contributed by atoms with Crippen molar-refractivity contribution in [1.82, 2.24) is 4.57 Å². The summed E-state index contributed by atoms with van der Waals surface area (Å²) in [5.41, 5.74) is 2.23. The van der Waals surface area contributed by atoms with Crippen LogP contribution < -0.4 is 15.2 Å². The molecule has 1 aromatic carbocycles. The van der Waals surface area contributed by atoms with Crippen molar-refractivity contribution in [1.29, 1.82) is 0 Å². The Morgan fingerprint density at radius 2 is 2.04 bits per heavy atom. The Bertz CT molecular complexity index is 713. The minimum atomic E-state index is -0.119. The van der Waals surface area contributed by atoms with Crippen molar-refractivity contribution >= 4 is 28.9 Å². The van der Waals surface area contributed by atoms with Crippen LogP contribution >= 0.6 is 0 Å². The molecule has 0 atom stereocenters. The molecule has 0 aliphatic rings. The Morgan fingerprint density at radius 1 is 1.30 bits per heavy atom. The van der Waals surface area contributed by atoms with Crippen LogP contribution in [-0.2, 0) is 18.9 Å². The number of hydrogen-bond acceptors (Lipinski definition) is 4. The van der Waals surface area contributed by atoms with Crippen molar-refractivity contribution in [2.24, 2.45) is 24.3 Å². The molecule has 1 amide bonds. The van der Waals surface area contributed by atoms with Crippen LogP contribution in [0.3, 0.4) is 0 Å². The molecular formula is C16H23N6O+. The van der Waals surface area contributed by atoms with Crippen LogP contribution in [0.15, 0.2) is 40.8 Å². The highest BCUT2D eigenvalue weighted by atomic mass is 16.1. The molecule has 0 fully saturated rings. The number of rotatable bonds is 5. The normalized spacial score (nSPS) is 11.2. The zero-order chi connectivity index (χ0) is 17.0. The van der Waals surface area contributed by atoms with Crippen LogP contribution in [-0.4, -0.2) is 16.5 Å². The van der Waals surface area contributed by atoms with Crippen molar-refractivity contribution < 1.29 is 9.36 Å². The van der Waals surface area contributed by atoms with Crippen LogP contribution in [0.4, 0.5) is 23.0 Å². The van der Waals surface area contributed by atoms with Crippen molar-refractivity contribution in [2.75, 3.05) is 10.6 Å². The first kappa shape index (κ1) is 16.7. The fourth-order valence-electron chi connectivity index (χ4n) is 2.15. The van der Waals surface area contributed by atoms with E-state index in [1.54, 1.807) is 6.07 Å². The molecule has 0 saturated heterocycles. The zero-order valence-electron chi connectivity index (χ0n) is 14.2. The Hall–Kier alpha value is -2.70. The van der Waals surface area contributed by atoms with Gasteiger partial charge in [0.2, 0.25) is 5.91 Å². The topological polar surface area (TPSA) is 74.7 Å². The van der Waals surface area contributed by atoms with Gasteiger partial charge in [-0.3, -0.25) is 4.79 Å².